The van der Waals surface area contributed by atoms with Crippen LogP contribution in [0.25, 0.3) is 22.1 Å². The molecule has 0 aliphatic heterocycles. The van der Waals surface area contributed by atoms with E-state index in [9.17, 15) is 9.59 Å². The van der Waals surface area contributed by atoms with E-state index in [-0.39, 0.29) is 16.7 Å². The maximum Gasteiger partial charge on any atom is 0.341 e. The Hall–Kier alpha value is -3.62. The van der Waals surface area contributed by atoms with Crippen molar-refractivity contribution in [1.82, 2.24) is 0 Å². The van der Waals surface area contributed by atoms with Crippen molar-refractivity contribution in [3.05, 3.63) is 75.6 Å². The molecule has 2 heterocycles. The van der Waals surface area contributed by atoms with E-state index in [1.54, 1.807) is 53.9 Å². The van der Waals surface area contributed by atoms with Crippen molar-refractivity contribution in [1.29, 1.82) is 5.41 Å². The van der Waals surface area contributed by atoms with Gasteiger partial charge in [0.05, 0.1) is 14.2 Å². The summed E-state index contributed by atoms with van der Waals surface area (Å²) in [7, 11) is 2.77. The first-order valence-electron chi connectivity index (χ1n) is 9.35. The van der Waals surface area contributed by atoms with E-state index < -0.39 is 11.9 Å². The number of esters is 1. The lowest BCUT2D eigenvalue weighted by atomic mass is 10.0. The topological polar surface area (TPSA) is 102 Å². The van der Waals surface area contributed by atoms with Crippen molar-refractivity contribution in [3.63, 3.8) is 0 Å². The molecule has 4 rings (SSSR count). The number of nitrogens with one attached hydrogen (secondary N) is 2. The first kappa shape index (κ1) is 21.6. The van der Waals surface area contributed by atoms with Gasteiger partial charge in [0.2, 0.25) is 5.55 Å². The fraction of sp³-hybridized carbons (Fsp3) is 0.0870. The summed E-state index contributed by atoms with van der Waals surface area (Å²) >= 11 is 7.15. The van der Waals surface area contributed by atoms with Crippen LogP contribution in [0.2, 0.25) is 5.02 Å². The molecule has 0 atom stereocenters. The molecule has 32 heavy (non-hydrogen) atoms. The van der Waals surface area contributed by atoms with E-state index >= 15 is 0 Å². The second kappa shape index (κ2) is 8.86. The molecule has 9 heteroatoms. The van der Waals surface area contributed by atoms with Gasteiger partial charge < -0.3 is 19.2 Å². The van der Waals surface area contributed by atoms with Gasteiger partial charge in [-0.25, -0.2) is 4.79 Å². The average molecular weight is 469 g/mol. The molecular formula is C23H17ClN2O5S. The van der Waals surface area contributed by atoms with Gasteiger partial charge in [-0.2, -0.15) is 0 Å². The van der Waals surface area contributed by atoms with Gasteiger partial charge >= 0.3 is 5.97 Å². The zero-order valence-electron chi connectivity index (χ0n) is 17.0. The Bertz CT molecular complexity index is 1390. The van der Waals surface area contributed by atoms with E-state index in [1.165, 1.54) is 25.6 Å². The van der Waals surface area contributed by atoms with Crippen molar-refractivity contribution >= 4 is 50.8 Å². The van der Waals surface area contributed by atoms with Gasteiger partial charge in [-0.05, 0) is 29.8 Å². The van der Waals surface area contributed by atoms with Crippen LogP contribution in [0.15, 0.2) is 58.3 Å². The maximum atomic E-state index is 13.0. The molecule has 4 aromatic rings. The SMILES string of the molecule is COC(=O)c1c(-c2ccc(Cl)cc2)csc1NC(=O)c1cc2cccc(OC)c2oc1=N. The lowest BCUT2D eigenvalue weighted by Crippen LogP contribution is -2.21. The van der Waals surface area contributed by atoms with Gasteiger partial charge in [-0.15, -0.1) is 11.3 Å². The van der Waals surface area contributed by atoms with Crippen LogP contribution in [0.5, 0.6) is 5.75 Å². The van der Waals surface area contributed by atoms with E-state index in [4.69, 9.17) is 30.9 Å². The number of rotatable bonds is 5. The molecular weight excluding hydrogens is 452 g/mol. The number of para-hydroxylation sites is 1. The van der Waals surface area contributed by atoms with E-state index in [0.717, 1.165) is 5.56 Å². The quantitative estimate of drug-likeness (QED) is 0.385. The monoisotopic (exact) mass is 468 g/mol. The highest BCUT2D eigenvalue weighted by Gasteiger charge is 2.23. The summed E-state index contributed by atoms with van der Waals surface area (Å²) in [5.41, 5.74) is 1.64. The number of hydrogen-bond donors (Lipinski definition) is 2. The number of amides is 1. The highest BCUT2D eigenvalue weighted by molar-refractivity contribution is 7.15. The van der Waals surface area contributed by atoms with Crippen LogP contribution in [0.3, 0.4) is 0 Å². The summed E-state index contributed by atoms with van der Waals surface area (Å²) in [5.74, 6) is -0.717. The van der Waals surface area contributed by atoms with Gasteiger partial charge in [0.1, 0.15) is 16.1 Å². The second-order valence-corrected chi connectivity index (χ2v) is 7.99. The zero-order chi connectivity index (χ0) is 22.8. The fourth-order valence-corrected chi connectivity index (χ4v) is 4.31. The Kier molecular flexibility index (Phi) is 5.98. The third-order valence-corrected chi connectivity index (χ3v) is 5.93. The molecule has 0 saturated carbocycles. The van der Waals surface area contributed by atoms with E-state index in [0.29, 0.717) is 32.3 Å². The lowest BCUT2D eigenvalue weighted by molar-refractivity contribution is 0.0603. The molecule has 0 aliphatic carbocycles. The smallest absolute Gasteiger partial charge is 0.341 e. The highest BCUT2D eigenvalue weighted by atomic mass is 35.5. The number of fused-ring (bicyclic) bond motifs is 1. The predicted molar refractivity (Wildman–Crippen MR) is 123 cm³/mol. The van der Waals surface area contributed by atoms with E-state index in [1.807, 2.05) is 0 Å². The molecule has 0 aliphatic rings. The first-order valence-corrected chi connectivity index (χ1v) is 10.6. The minimum Gasteiger partial charge on any atom is -0.493 e. The van der Waals surface area contributed by atoms with Crippen molar-refractivity contribution in [2.75, 3.05) is 19.5 Å². The van der Waals surface area contributed by atoms with Crippen molar-refractivity contribution in [2.45, 2.75) is 0 Å². The summed E-state index contributed by atoms with van der Waals surface area (Å²) in [6, 6.07) is 13.7. The van der Waals surface area contributed by atoms with Crippen LogP contribution in [-0.4, -0.2) is 26.1 Å². The molecule has 1 amide bonds. The minimum absolute atomic E-state index is 0.0167. The number of ether oxygens (including phenoxy) is 2. The molecule has 0 bridgehead atoms. The second-order valence-electron chi connectivity index (χ2n) is 6.67. The summed E-state index contributed by atoms with van der Waals surface area (Å²) in [6.45, 7) is 0. The zero-order valence-corrected chi connectivity index (χ0v) is 18.6. The molecule has 2 aromatic heterocycles. The first-order chi connectivity index (χ1) is 15.4. The van der Waals surface area contributed by atoms with Gasteiger partial charge in [-0.1, -0.05) is 35.9 Å². The van der Waals surface area contributed by atoms with Crippen molar-refractivity contribution < 1.29 is 23.5 Å². The molecule has 7 nitrogen and oxygen atoms in total. The van der Waals surface area contributed by atoms with Crippen LogP contribution in [0.4, 0.5) is 5.00 Å². The summed E-state index contributed by atoms with van der Waals surface area (Å²) < 4.78 is 15.7. The van der Waals surface area contributed by atoms with Gasteiger partial charge in [-0.3, -0.25) is 10.2 Å². The van der Waals surface area contributed by atoms with Gasteiger partial charge in [0.25, 0.3) is 5.91 Å². The molecule has 2 N–H and O–H groups in total. The fourth-order valence-electron chi connectivity index (χ4n) is 3.23. The Balaban J connectivity index is 1.74. The number of methoxy groups -OCH3 is 2. The summed E-state index contributed by atoms with van der Waals surface area (Å²) in [5, 5.41) is 14.1. The third-order valence-electron chi connectivity index (χ3n) is 4.79. The highest BCUT2D eigenvalue weighted by Crippen LogP contribution is 2.37. The summed E-state index contributed by atoms with van der Waals surface area (Å²) in [6.07, 6.45) is 0. The molecule has 0 spiro atoms. The molecule has 0 unspecified atom stereocenters. The summed E-state index contributed by atoms with van der Waals surface area (Å²) in [4.78, 5) is 25.5. The van der Waals surface area contributed by atoms with Crippen molar-refractivity contribution in [2.24, 2.45) is 0 Å². The number of carbonyl (C=O) groups excluding carboxylic acids is 2. The van der Waals surface area contributed by atoms with Crippen LogP contribution in [0.1, 0.15) is 20.7 Å². The number of thiophene rings is 1. The third kappa shape index (κ3) is 3.98. The Morgan fingerprint density at radius 3 is 2.56 bits per heavy atom. The number of halogens is 1. The Morgan fingerprint density at radius 1 is 1.12 bits per heavy atom. The maximum absolute atomic E-state index is 13.0. The molecule has 0 radical (unpaired) electrons. The van der Waals surface area contributed by atoms with Crippen LogP contribution < -0.4 is 15.6 Å². The average Bonchev–Trinajstić information content (AvgIpc) is 3.21. The number of carbonyl (C=O) groups is 2. The number of hydrogen-bond acceptors (Lipinski definition) is 7. The molecule has 2 aromatic carbocycles. The normalized spacial score (nSPS) is 10.7. The molecule has 0 fully saturated rings. The van der Waals surface area contributed by atoms with Crippen LogP contribution in [-0.2, 0) is 4.74 Å². The molecule has 162 valence electrons. The van der Waals surface area contributed by atoms with Gasteiger partial charge in [0.15, 0.2) is 11.3 Å². The largest absolute Gasteiger partial charge is 0.493 e. The van der Waals surface area contributed by atoms with Crippen molar-refractivity contribution in [3.8, 4) is 16.9 Å². The van der Waals surface area contributed by atoms with Crippen LogP contribution >= 0.6 is 22.9 Å². The Morgan fingerprint density at radius 2 is 1.88 bits per heavy atom. The lowest BCUT2D eigenvalue weighted by Gasteiger charge is -2.09. The number of anilines is 1. The Labute approximate surface area is 191 Å². The van der Waals surface area contributed by atoms with E-state index in [2.05, 4.69) is 5.32 Å². The van der Waals surface area contributed by atoms with Gasteiger partial charge in [0, 0.05) is 21.4 Å². The number of benzene rings is 2. The molecule has 0 saturated heterocycles. The minimum atomic E-state index is -0.592. The standard InChI is InChI=1S/C23H17ClN2O5S/c1-29-17-5-3-4-13-10-15(20(25)31-19(13)17)21(27)26-22-18(23(28)30-2)16(11-32-22)12-6-8-14(24)9-7-12/h3-11,25H,1-2H3,(H,26,27). The van der Waals surface area contributed by atoms with Crippen LogP contribution in [0, 0.1) is 5.41 Å². The predicted octanol–water partition coefficient (Wildman–Crippen LogP) is 5.34.